The Balaban J connectivity index is 1.98. The molecule has 0 aliphatic heterocycles. The number of pyridine rings is 1. The van der Waals surface area contributed by atoms with Gasteiger partial charge in [0.1, 0.15) is 0 Å². The molecular formula is C21H16NP. The molecule has 0 saturated carbocycles. The Hall–Kier alpha value is -2.50. The smallest absolute Gasteiger partial charge is 0.0798 e. The zero-order valence-corrected chi connectivity index (χ0v) is 13.5. The highest BCUT2D eigenvalue weighted by Crippen LogP contribution is 2.34. The summed E-state index contributed by atoms with van der Waals surface area (Å²) in [6.45, 7) is 0. The molecule has 1 heterocycles. The number of fused-ring (bicyclic) bond motifs is 1. The van der Waals surface area contributed by atoms with Gasteiger partial charge in [-0.2, -0.15) is 0 Å². The second-order valence-corrected chi connectivity index (χ2v) is 7.49. The first-order chi connectivity index (χ1) is 11.4. The van der Waals surface area contributed by atoms with Crippen molar-refractivity contribution in [3.63, 3.8) is 0 Å². The zero-order chi connectivity index (χ0) is 15.5. The van der Waals surface area contributed by atoms with Crippen LogP contribution in [-0.4, -0.2) is 4.98 Å². The van der Waals surface area contributed by atoms with Gasteiger partial charge in [0, 0.05) is 19.5 Å². The second-order valence-electron chi connectivity index (χ2n) is 5.36. The van der Waals surface area contributed by atoms with Gasteiger partial charge in [-0.1, -0.05) is 84.9 Å². The van der Waals surface area contributed by atoms with E-state index in [2.05, 4.69) is 91.0 Å². The minimum atomic E-state index is -0.657. The van der Waals surface area contributed by atoms with Crippen LogP contribution < -0.4 is 16.0 Å². The molecular weight excluding hydrogens is 297 g/mol. The van der Waals surface area contributed by atoms with Crippen LogP contribution in [0.3, 0.4) is 0 Å². The van der Waals surface area contributed by atoms with Crippen LogP contribution in [0.15, 0.2) is 97.2 Å². The lowest BCUT2D eigenvalue weighted by Crippen LogP contribution is -2.23. The quantitative estimate of drug-likeness (QED) is 0.521. The SMILES string of the molecule is c1ccc(P(c2ccccc2)c2nccc3ccccc23)cc1. The van der Waals surface area contributed by atoms with Crippen molar-refractivity contribution in [3.05, 3.63) is 97.2 Å². The molecule has 4 rings (SSSR count). The molecule has 4 aromatic rings. The number of hydrogen-bond donors (Lipinski definition) is 0. The summed E-state index contributed by atoms with van der Waals surface area (Å²) in [4.78, 5) is 4.79. The van der Waals surface area contributed by atoms with Crippen LogP contribution in [0, 0.1) is 0 Å². The Labute approximate surface area is 137 Å². The molecule has 0 radical (unpaired) electrons. The number of aromatic nitrogens is 1. The van der Waals surface area contributed by atoms with Crippen molar-refractivity contribution in [3.8, 4) is 0 Å². The lowest BCUT2D eigenvalue weighted by atomic mass is 10.2. The molecule has 0 amide bonds. The fourth-order valence-corrected chi connectivity index (χ4v) is 5.18. The minimum absolute atomic E-state index is 0.657. The molecule has 2 heteroatoms. The van der Waals surface area contributed by atoms with E-state index in [9.17, 15) is 0 Å². The van der Waals surface area contributed by atoms with E-state index in [0.29, 0.717) is 0 Å². The van der Waals surface area contributed by atoms with Crippen LogP contribution in [0.5, 0.6) is 0 Å². The maximum Gasteiger partial charge on any atom is 0.0798 e. The maximum atomic E-state index is 4.79. The molecule has 0 saturated heterocycles. The third-order valence-corrected chi connectivity index (χ3v) is 6.30. The van der Waals surface area contributed by atoms with Crippen molar-refractivity contribution >= 4 is 34.7 Å². The van der Waals surface area contributed by atoms with Gasteiger partial charge in [0.2, 0.25) is 0 Å². The van der Waals surface area contributed by atoms with E-state index < -0.39 is 7.92 Å². The molecule has 0 spiro atoms. The summed E-state index contributed by atoms with van der Waals surface area (Å²) in [5.74, 6) is 0. The second kappa shape index (κ2) is 6.32. The topological polar surface area (TPSA) is 12.9 Å². The van der Waals surface area contributed by atoms with Gasteiger partial charge in [0.15, 0.2) is 0 Å². The first-order valence-electron chi connectivity index (χ1n) is 7.67. The predicted molar refractivity (Wildman–Crippen MR) is 100 cm³/mol. The molecule has 0 N–H and O–H groups in total. The summed E-state index contributed by atoms with van der Waals surface area (Å²) in [6.07, 6.45) is 1.93. The van der Waals surface area contributed by atoms with Gasteiger partial charge in [0.05, 0.1) is 5.44 Å². The van der Waals surface area contributed by atoms with E-state index in [1.807, 2.05) is 6.20 Å². The number of nitrogens with zero attached hydrogens (tertiary/aromatic N) is 1. The van der Waals surface area contributed by atoms with E-state index in [-0.39, 0.29) is 0 Å². The van der Waals surface area contributed by atoms with Crippen LogP contribution in [-0.2, 0) is 0 Å². The summed E-state index contributed by atoms with van der Waals surface area (Å²) >= 11 is 0. The molecule has 23 heavy (non-hydrogen) atoms. The molecule has 0 unspecified atom stereocenters. The summed E-state index contributed by atoms with van der Waals surface area (Å²) < 4.78 is 0. The van der Waals surface area contributed by atoms with Gasteiger partial charge >= 0.3 is 0 Å². The van der Waals surface area contributed by atoms with Crippen LogP contribution >= 0.6 is 7.92 Å². The van der Waals surface area contributed by atoms with Gasteiger partial charge in [-0.05, 0) is 22.1 Å². The lowest BCUT2D eigenvalue weighted by Gasteiger charge is -2.19. The highest BCUT2D eigenvalue weighted by molar-refractivity contribution is 7.80. The highest BCUT2D eigenvalue weighted by Gasteiger charge is 2.19. The van der Waals surface area contributed by atoms with Gasteiger partial charge in [-0.15, -0.1) is 0 Å². The van der Waals surface area contributed by atoms with E-state index in [4.69, 9.17) is 4.98 Å². The van der Waals surface area contributed by atoms with Crippen LogP contribution in [0.25, 0.3) is 10.8 Å². The van der Waals surface area contributed by atoms with Crippen molar-refractivity contribution in [2.75, 3.05) is 0 Å². The molecule has 0 fully saturated rings. The van der Waals surface area contributed by atoms with Gasteiger partial charge in [0.25, 0.3) is 0 Å². The third kappa shape index (κ3) is 2.76. The fraction of sp³-hybridized carbons (Fsp3) is 0. The average Bonchev–Trinajstić information content (AvgIpc) is 2.64. The zero-order valence-electron chi connectivity index (χ0n) is 12.6. The molecule has 1 nitrogen and oxygen atoms in total. The monoisotopic (exact) mass is 313 g/mol. The van der Waals surface area contributed by atoms with Crippen molar-refractivity contribution in [2.45, 2.75) is 0 Å². The van der Waals surface area contributed by atoms with Gasteiger partial charge in [-0.3, -0.25) is 4.98 Å². The van der Waals surface area contributed by atoms with Crippen LogP contribution in [0.4, 0.5) is 0 Å². The molecule has 1 aromatic heterocycles. The predicted octanol–water partition coefficient (Wildman–Crippen LogP) is 3.99. The largest absolute Gasteiger partial charge is 0.255 e. The van der Waals surface area contributed by atoms with E-state index >= 15 is 0 Å². The molecule has 3 aromatic carbocycles. The third-order valence-electron chi connectivity index (χ3n) is 3.89. The molecule has 110 valence electrons. The minimum Gasteiger partial charge on any atom is -0.255 e. The van der Waals surface area contributed by atoms with Crippen LogP contribution in [0.2, 0.25) is 0 Å². The summed E-state index contributed by atoms with van der Waals surface area (Å²) in [6, 6.07) is 32.0. The Morgan fingerprint density at radius 1 is 0.565 bits per heavy atom. The summed E-state index contributed by atoms with van der Waals surface area (Å²) in [5.41, 5.74) is 1.18. The Kier molecular flexibility index (Phi) is 3.88. The van der Waals surface area contributed by atoms with Crippen LogP contribution in [0.1, 0.15) is 0 Å². The van der Waals surface area contributed by atoms with Crippen molar-refractivity contribution in [2.24, 2.45) is 0 Å². The maximum absolute atomic E-state index is 4.79. The molecule has 0 atom stereocenters. The number of rotatable bonds is 3. The highest BCUT2D eigenvalue weighted by atomic mass is 31.1. The van der Waals surface area contributed by atoms with Crippen molar-refractivity contribution < 1.29 is 0 Å². The summed E-state index contributed by atoms with van der Waals surface area (Å²) in [5, 5.41) is 5.15. The van der Waals surface area contributed by atoms with E-state index in [1.54, 1.807) is 0 Å². The summed E-state index contributed by atoms with van der Waals surface area (Å²) in [7, 11) is -0.657. The first-order valence-corrected chi connectivity index (χ1v) is 9.01. The van der Waals surface area contributed by atoms with E-state index in [0.717, 1.165) is 0 Å². The lowest BCUT2D eigenvalue weighted by molar-refractivity contribution is 1.42. The van der Waals surface area contributed by atoms with Crippen molar-refractivity contribution in [1.29, 1.82) is 0 Å². The van der Waals surface area contributed by atoms with E-state index in [1.165, 1.54) is 26.8 Å². The average molecular weight is 313 g/mol. The Bertz CT molecular complexity index is 875. The number of hydrogen-bond acceptors (Lipinski definition) is 1. The normalized spacial score (nSPS) is 11.0. The van der Waals surface area contributed by atoms with Gasteiger partial charge in [-0.25, -0.2) is 0 Å². The fourth-order valence-electron chi connectivity index (χ4n) is 2.83. The standard InChI is InChI=1S/C21H16NP/c1-3-10-18(11-4-1)23(19-12-5-2-6-13-19)21-20-14-8-7-9-17(20)15-16-22-21/h1-16H. The van der Waals surface area contributed by atoms with Gasteiger partial charge < -0.3 is 0 Å². The Morgan fingerprint density at radius 2 is 1.13 bits per heavy atom. The Morgan fingerprint density at radius 3 is 1.78 bits per heavy atom. The molecule has 0 bridgehead atoms. The van der Waals surface area contributed by atoms with Crippen molar-refractivity contribution in [1.82, 2.24) is 4.98 Å². The molecule has 0 aliphatic rings. The first kappa shape index (κ1) is 14.1. The molecule has 0 aliphatic carbocycles. The number of benzene rings is 3.